The van der Waals surface area contributed by atoms with Crippen molar-refractivity contribution in [1.82, 2.24) is 14.4 Å². The molecule has 0 radical (unpaired) electrons. The first-order chi connectivity index (χ1) is 11.4. The summed E-state index contributed by atoms with van der Waals surface area (Å²) in [5.41, 5.74) is -0.552. The highest BCUT2D eigenvalue weighted by atomic mass is 35.5. The minimum absolute atomic E-state index is 0.00330. The van der Waals surface area contributed by atoms with Crippen molar-refractivity contribution in [3.05, 3.63) is 62.2 Å². The maximum atomic E-state index is 13.0. The topological polar surface area (TPSA) is 47.3 Å². The highest BCUT2D eigenvalue weighted by Crippen LogP contribution is 2.55. The van der Waals surface area contributed by atoms with Crippen LogP contribution in [0.1, 0.15) is 35.2 Å². The molecule has 4 rings (SSSR count). The third-order valence-electron chi connectivity index (χ3n) is 4.08. The SMILES string of the molecule is O=c1c(Cl)c(C2CC2c2cccnc2)nc2scc(C(F)(F)F)n12. The molecule has 24 heavy (non-hydrogen) atoms. The minimum Gasteiger partial charge on any atom is -0.267 e. The van der Waals surface area contributed by atoms with Crippen LogP contribution in [0.15, 0.2) is 34.7 Å². The Morgan fingerprint density at radius 2 is 2.12 bits per heavy atom. The van der Waals surface area contributed by atoms with Crippen LogP contribution in [0.4, 0.5) is 13.2 Å². The Hall–Kier alpha value is -1.93. The van der Waals surface area contributed by atoms with Crippen LogP contribution in [-0.2, 0) is 6.18 Å². The van der Waals surface area contributed by atoms with Crippen molar-refractivity contribution in [3.63, 3.8) is 0 Å². The molecule has 0 aliphatic heterocycles. The molecule has 0 spiro atoms. The van der Waals surface area contributed by atoms with Crippen molar-refractivity contribution in [2.45, 2.75) is 24.4 Å². The summed E-state index contributed by atoms with van der Waals surface area (Å²) in [5, 5.41) is 0.641. The van der Waals surface area contributed by atoms with E-state index < -0.39 is 17.4 Å². The summed E-state index contributed by atoms with van der Waals surface area (Å²) in [6.45, 7) is 0. The fourth-order valence-corrected chi connectivity index (χ4v) is 4.01. The lowest BCUT2D eigenvalue weighted by atomic mass is 10.1. The van der Waals surface area contributed by atoms with E-state index in [4.69, 9.17) is 11.6 Å². The highest BCUT2D eigenvalue weighted by molar-refractivity contribution is 7.15. The standard InChI is InChI=1S/C15H9ClF3N3OS/c16-11-12(9-4-8(9)7-2-1-3-20-5-7)21-14-22(13(11)23)10(6-24-14)15(17,18)19/h1-3,5-6,8-9H,4H2. The van der Waals surface area contributed by atoms with Gasteiger partial charge in [0, 0.05) is 23.7 Å². The molecule has 2 atom stereocenters. The van der Waals surface area contributed by atoms with Gasteiger partial charge in [0.05, 0.1) is 5.69 Å². The van der Waals surface area contributed by atoms with Crippen LogP contribution in [0.3, 0.4) is 0 Å². The van der Waals surface area contributed by atoms with E-state index in [9.17, 15) is 18.0 Å². The number of alkyl halides is 3. The highest BCUT2D eigenvalue weighted by Gasteiger charge is 2.43. The molecule has 3 aromatic heterocycles. The van der Waals surface area contributed by atoms with Crippen molar-refractivity contribution >= 4 is 27.9 Å². The summed E-state index contributed by atoms with van der Waals surface area (Å²) >= 11 is 6.85. The van der Waals surface area contributed by atoms with Crippen LogP contribution < -0.4 is 5.56 Å². The van der Waals surface area contributed by atoms with Crippen molar-refractivity contribution in [3.8, 4) is 0 Å². The van der Waals surface area contributed by atoms with Gasteiger partial charge in [0.15, 0.2) is 4.96 Å². The molecule has 2 unspecified atom stereocenters. The normalized spacial score (nSPS) is 20.5. The zero-order valence-corrected chi connectivity index (χ0v) is 13.5. The smallest absolute Gasteiger partial charge is 0.267 e. The molecule has 9 heteroatoms. The van der Waals surface area contributed by atoms with Gasteiger partial charge in [-0.2, -0.15) is 13.2 Å². The van der Waals surface area contributed by atoms with E-state index in [1.807, 2.05) is 12.1 Å². The number of aromatic nitrogens is 3. The van der Waals surface area contributed by atoms with E-state index in [1.165, 1.54) is 0 Å². The molecule has 1 aliphatic rings. The Morgan fingerprint density at radius 3 is 2.79 bits per heavy atom. The molecule has 0 N–H and O–H groups in total. The van der Waals surface area contributed by atoms with Gasteiger partial charge in [-0.1, -0.05) is 17.7 Å². The van der Waals surface area contributed by atoms with Crippen LogP contribution in [-0.4, -0.2) is 14.4 Å². The zero-order chi connectivity index (χ0) is 17.1. The van der Waals surface area contributed by atoms with Gasteiger partial charge in [0.2, 0.25) is 0 Å². The van der Waals surface area contributed by atoms with Gasteiger partial charge in [-0.05, 0) is 24.0 Å². The Morgan fingerprint density at radius 1 is 1.33 bits per heavy atom. The minimum atomic E-state index is -4.63. The lowest BCUT2D eigenvalue weighted by Crippen LogP contribution is -2.22. The summed E-state index contributed by atoms with van der Waals surface area (Å²) < 4.78 is 39.5. The van der Waals surface area contributed by atoms with Gasteiger partial charge in [-0.3, -0.25) is 9.78 Å². The van der Waals surface area contributed by atoms with Crippen molar-refractivity contribution in [2.24, 2.45) is 0 Å². The van der Waals surface area contributed by atoms with Crippen LogP contribution >= 0.6 is 22.9 Å². The van der Waals surface area contributed by atoms with E-state index in [2.05, 4.69) is 9.97 Å². The molecule has 0 bridgehead atoms. The van der Waals surface area contributed by atoms with Gasteiger partial charge in [-0.15, -0.1) is 11.3 Å². The Bertz CT molecular complexity index is 983. The molecular formula is C15H9ClF3N3OS. The van der Waals surface area contributed by atoms with Crippen LogP contribution in [0.2, 0.25) is 5.02 Å². The number of hydrogen-bond donors (Lipinski definition) is 0. The second-order valence-corrected chi connectivity index (χ2v) is 6.80. The molecular weight excluding hydrogens is 363 g/mol. The Balaban J connectivity index is 1.80. The third-order valence-corrected chi connectivity index (χ3v) is 5.27. The molecule has 3 heterocycles. The number of rotatable bonds is 2. The predicted molar refractivity (Wildman–Crippen MR) is 83.7 cm³/mol. The summed E-state index contributed by atoms with van der Waals surface area (Å²) in [4.78, 5) is 20.6. The van der Waals surface area contributed by atoms with E-state index in [0.717, 1.165) is 28.7 Å². The first-order valence-corrected chi connectivity index (χ1v) is 8.30. The number of halogens is 4. The molecule has 1 fully saturated rings. The fourth-order valence-electron chi connectivity index (χ4n) is 2.85. The van der Waals surface area contributed by atoms with E-state index >= 15 is 0 Å². The summed E-state index contributed by atoms with van der Waals surface area (Å²) in [5.74, 6) is 0.0587. The molecule has 0 amide bonds. The first-order valence-electron chi connectivity index (χ1n) is 7.04. The monoisotopic (exact) mass is 371 g/mol. The second-order valence-electron chi connectivity index (χ2n) is 5.59. The van der Waals surface area contributed by atoms with E-state index in [-0.39, 0.29) is 21.8 Å². The lowest BCUT2D eigenvalue weighted by molar-refractivity contribution is -0.141. The van der Waals surface area contributed by atoms with Crippen molar-refractivity contribution < 1.29 is 13.2 Å². The van der Waals surface area contributed by atoms with Gasteiger partial charge in [-0.25, -0.2) is 9.38 Å². The lowest BCUT2D eigenvalue weighted by Gasteiger charge is -2.08. The first kappa shape index (κ1) is 15.6. The number of thiazole rings is 1. The summed E-state index contributed by atoms with van der Waals surface area (Å²) in [6.07, 6.45) is -0.496. The van der Waals surface area contributed by atoms with Crippen molar-refractivity contribution in [1.29, 1.82) is 0 Å². The Labute approximate surface area is 142 Å². The zero-order valence-electron chi connectivity index (χ0n) is 11.9. The maximum absolute atomic E-state index is 13.0. The van der Waals surface area contributed by atoms with Crippen LogP contribution in [0.25, 0.3) is 4.96 Å². The number of nitrogens with zero attached hydrogens (tertiary/aromatic N) is 3. The number of hydrogen-bond acceptors (Lipinski definition) is 4. The van der Waals surface area contributed by atoms with Gasteiger partial charge >= 0.3 is 6.18 Å². The van der Waals surface area contributed by atoms with Gasteiger partial charge in [0.1, 0.15) is 10.7 Å². The average Bonchev–Trinajstić information content (AvgIpc) is 3.21. The largest absolute Gasteiger partial charge is 0.432 e. The maximum Gasteiger partial charge on any atom is 0.432 e. The average molecular weight is 372 g/mol. The quantitative estimate of drug-likeness (QED) is 0.681. The number of fused-ring (bicyclic) bond motifs is 1. The second kappa shape index (κ2) is 5.29. The Kier molecular flexibility index (Phi) is 3.43. The fraction of sp³-hybridized carbons (Fsp3) is 0.267. The molecule has 1 aliphatic carbocycles. The third kappa shape index (κ3) is 2.41. The van der Waals surface area contributed by atoms with Crippen LogP contribution in [0.5, 0.6) is 0 Å². The molecule has 4 nitrogen and oxygen atoms in total. The molecule has 0 aromatic carbocycles. The van der Waals surface area contributed by atoms with Gasteiger partial charge in [0.25, 0.3) is 5.56 Å². The molecule has 0 saturated heterocycles. The molecule has 124 valence electrons. The number of pyridine rings is 1. The predicted octanol–water partition coefficient (Wildman–Crippen LogP) is 4.09. The van der Waals surface area contributed by atoms with Gasteiger partial charge < -0.3 is 0 Å². The molecule has 1 saturated carbocycles. The van der Waals surface area contributed by atoms with Crippen molar-refractivity contribution in [2.75, 3.05) is 0 Å². The molecule has 3 aromatic rings. The van der Waals surface area contributed by atoms with Crippen LogP contribution in [0, 0.1) is 0 Å². The summed E-state index contributed by atoms with van der Waals surface area (Å²) in [6, 6.07) is 3.73. The van der Waals surface area contributed by atoms with E-state index in [0.29, 0.717) is 10.1 Å². The van der Waals surface area contributed by atoms with E-state index in [1.54, 1.807) is 12.4 Å². The summed E-state index contributed by atoms with van der Waals surface area (Å²) in [7, 11) is 0.